The number of para-hydroxylation sites is 1. The number of hydrogen-bond donors (Lipinski definition) is 0. The number of rotatable bonds is 8. The van der Waals surface area contributed by atoms with E-state index in [9.17, 15) is 9.59 Å². The van der Waals surface area contributed by atoms with Crippen LogP contribution >= 0.6 is 22.7 Å². The summed E-state index contributed by atoms with van der Waals surface area (Å²) in [5.41, 5.74) is 2.73. The third kappa shape index (κ3) is 5.21. The highest BCUT2D eigenvalue weighted by atomic mass is 32.1. The summed E-state index contributed by atoms with van der Waals surface area (Å²) in [5, 5.41) is 11.0. The minimum atomic E-state index is -0.630. The molecule has 202 valence electrons. The number of carbonyl (C=O) groups excluding carboxylic acids is 1. The lowest BCUT2D eigenvalue weighted by Crippen LogP contribution is -2.39. The molecule has 0 fully saturated rings. The molecule has 40 heavy (non-hydrogen) atoms. The molecule has 0 saturated carbocycles. The molecule has 1 aliphatic heterocycles. The van der Waals surface area contributed by atoms with Crippen LogP contribution < -0.4 is 24.4 Å². The van der Waals surface area contributed by atoms with Crippen molar-refractivity contribution in [2.45, 2.75) is 26.5 Å². The molecule has 2 aromatic carbocycles. The molecule has 1 aliphatic rings. The van der Waals surface area contributed by atoms with E-state index in [0.29, 0.717) is 43.2 Å². The van der Waals surface area contributed by atoms with E-state index in [1.807, 2.05) is 41.8 Å². The minimum Gasteiger partial charge on any atom is -0.493 e. The Balaban J connectivity index is 1.59. The first-order chi connectivity index (χ1) is 19.4. The third-order valence-electron chi connectivity index (χ3n) is 6.31. The normalized spacial score (nSPS) is 14.8. The number of methoxy groups -OCH3 is 1. The van der Waals surface area contributed by atoms with Gasteiger partial charge in [-0.25, -0.2) is 9.79 Å². The van der Waals surface area contributed by atoms with Gasteiger partial charge in [-0.3, -0.25) is 9.36 Å². The largest absolute Gasteiger partial charge is 0.493 e. The predicted molar refractivity (Wildman–Crippen MR) is 153 cm³/mol. The Morgan fingerprint density at radius 3 is 2.65 bits per heavy atom. The van der Waals surface area contributed by atoms with Gasteiger partial charge in [0.1, 0.15) is 12.6 Å². The Morgan fingerprint density at radius 2 is 1.98 bits per heavy atom. The lowest BCUT2D eigenvalue weighted by atomic mass is 10.0. The molecule has 3 heterocycles. The molecular weight excluding hydrogens is 546 g/mol. The first kappa shape index (κ1) is 27.1. The fraction of sp³-hybridized carbons (Fsp3) is 0.200. The standard InChI is InChI=1S/C30H25N3O5S2/c1-4-37-29(35)25-18(2)32-30-33(26(25)23-9-6-14-39-23)28(34)24(40-30)15-21-7-5-8-22(36-3)27(21)38-17-20-12-10-19(16-31)11-13-20/h5-15,26H,4,17H2,1-3H3/b24-15-/t26-/m1/s1. The fourth-order valence-corrected chi connectivity index (χ4v) is 6.30. The second-order valence-electron chi connectivity index (χ2n) is 8.79. The van der Waals surface area contributed by atoms with Gasteiger partial charge in [0.15, 0.2) is 16.3 Å². The SMILES string of the molecule is CCOC(=O)C1=C(C)N=c2s/c(=C\c3cccc(OC)c3OCc3ccc(C#N)cc3)c(=O)n2[C@@H]1c1cccs1. The van der Waals surface area contributed by atoms with Crippen LogP contribution in [0.2, 0.25) is 0 Å². The van der Waals surface area contributed by atoms with Crippen molar-refractivity contribution in [2.75, 3.05) is 13.7 Å². The van der Waals surface area contributed by atoms with Crippen molar-refractivity contribution in [3.05, 3.63) is 113 Å². The Kier molecular flexibility index (Phi) is 7.96. The highest BCUT2D eigenvalue weighted by Crippen LogP contribution is 2.34. The van der Waals surface area contributed by atoms with Gasteiger partial charge in [0.25, 0.3) is 5.56 Å². The number of benzene rings is 2. The van der Waals surface area contributed by atoms with E-state index in [-0.39, 0.29) is 18.8 Å². The maximum atomic E-state index is 13.9. The summed E-state index contributed by atoms with van der Waals surface area (Å²) in [6.07, 6.45) is 1.76. The lowest BCUT2D eigenvalue weighted by molar-refractivity contribution is -0.139. The summed E-state index contributed by atoms with van der Waals surface area (Å²) >= 11 is 2.72. The zero-order valence-corrected chi connectivity index (χ0v) is 23.7. The van der Waals surface area contributed by atoms with Gasteiger partial charge in [-0.05, 0) is 55.1 Å². The maximum absolute atomic E-state index is 13.9. The van der Waals surface area contributed by atoms with E-state index in [1.165, 1.54) is 22.7 Å². The van der Waals surface area contributed by atoms with Crippen LogP contribution in [0.3, 0.4) is 0 Å². The number of fused-ring (bicyclic) bond motifs is 1. The minimum absolute atomic E-state index is 0.221. The van der Waals surface area contributed by atoms with Gasteiger partial charge >= 0.3 is 5.97 Å². The Morgan fingerprint density at radius 1 is 1.18 bits per heavy atom. The monoisotopic (exact) mass is 571 g/mol. The molecule has 8 nitrogen and oxygen atoms in total. The predicted octanol–water partition coefficient (Wildman–Crippen LogP) is 4.32. The molecule has 0 radical (unpaired) electrons. The summed E-state index contributed by atoms with van der Waals surface area (Å²) in [6, 6.07) is 17.9. The third-order valence-corrected chi connectivity index (χ3v) is 8.22. The molecule has 2 aromatic heterocycles. The number of ether oxygens (including phenoxy) is 3. The van der Waals surface area contributed by atoms with Crippen molar-refractivity contribution in [3.8, 4) is 17.6 Å². The van der Waals surface area contributed by atoms with Crippen LogP contribution in [-0.2, 0) is 16.1 Å². The van der Waals surface area contributed by atoms with Gasteiger partial charge in [-0.15, -0.1) is 11.3 Å². The number of thiazole rings is 1. The molecule has 4 aromatic rings. The average Bonchev–Trinajstić information content (AvgIpc) is 3.60. The Bertz CT molecular complexity index is 1810. The molecule has 0 spiro atoms. The number of aromatic nitrogens is 1. The van der Waals surface area contributed by atoms with Gasteiger partial charge in [0.05, 0.1) is 41.2 Å². The summed E-state index contributed by atoms with van der Waals surface area (Å²) in [6.45, 7) is 3.98. The highest BCUT2D eigenvalue weighted by Gasteiger charge is 2.33. The molecule has 0 saturated heterocycles. The van der Waals surface area contributed by atoms with Crippen molar-refractivity contribution >= 4 is 34.7 Å². The van der Waals surface area contributed by atoms with E-state index in [4.69, 9.17) is 19.5 Å². The molecular formula is C30H25N3O5S2. The van der Waals surface area contributed by atoms with Crippen LogP contribution in [0, 0.1) is 11.3 Å². The van der Waals surface area contributed by atoms with Crippen molar-refractivity contribution in [2.24, 2.45) is 4.99 Å². The van der Waals surface area contributed by atoms with Gasteiger partial charge in [0, 0.05) is 10.4 Å². The molecule has 0 bridgehead atoms. The van der Waals surface area contributed by atoms with Crippen molar-refractivity contribution in [1.29, 1.82) is 5.26 Å². The topological polar surface area (TPSA) is 103 Å². The van der Waals surface area contributed by atoms with Crippen LogP contribution in [0.5, 0.6) is 11.5 Å². The number of hydrogen-bond acceptors (Lipinski definition) is 9. The molecule has 10 heteroatoms. The highest BCUT2D eigenvalue weighted by molar-refractivity contribution is 7.10. The van der Waals surface area contributed by atoms with E-state index in [2.05, 4.69) is 11.1 Å². The second-order valence-corrected chi connectivity index (χ2v) is 10.8. The lowest BCUT2D eigenvalue weighted by Gasteiger charge is -2.23. The van der Waals surface area contributed by atoms with Crippen LogP contribution in [0.4, 0.5) is 0 Å². The zero-order chi connectivity index (χ0) is 28.2. The van der Waals surface area contributed by atoms with E-state index in [1.54, 1.807) is 49.8 Å². The number of nitriles is 1. The van der Waals surface area contributed by atoms with Gasteiger partial charge in [-0.2, -0.15) is 5.26 Å². The molecule has 0 aliphatic carbocycles. The van der Waals surface area contributed by atoms with E-state index in [0.717, 1.165) is 10.4 Å². The first-order valence-corrected chi connectivity index (χ1v) is 14.2. The van der Waals surface area contributed by atoms with Gasteiger partial charge in [-0.1, -0.05) is 41.7 Å². The van der Waals surface area contributed by atoms with E-state index >= 15 is 0 Å². The van der Waals surface area contributed by atoms with Gasteiger partial charge in [0.2, 0.25) is 0 Å². The van der Waals surface area contributed by atoms with Crippen LogP contribution in [-0.4, -0.2) is 24.3 Å². The van der Waals surface area contributed by atoms with E-state index < -0.39 is 12.0 Å². The second kappa shape index (κ2) is 11.7. The zero-order valence-electron chi connectivity index (χ0n) is 22.0. The number of esters is 1. The summed E-state index contributed by atoms with van der Waals surface area (Å²) in [7, 11) is 1.56. The smallest absolute Gasteiger partial charge is 0.338 e. The van der Waals surface area contributed by atoms with Gasteiger partial charge < -0.3 is 14.2 Å². The maximum Gasteiger partial charge on any atom is 0.338 e. The Labute approximate surface area is 238 Å². The quantitative estimate of drug-likeness (QED) is 0.292. The molecule has 0 N–H and O–H groups in total. The number of thiophene rings is 1. The first-order valence-electron chi connectivity index (χ1n) is 12.5. The van der Waals surface area contributed by atoms with Crippen LogP contribution in [0.15, 0.2) is 81.0 Å². The van der Waals surface area contributed by atoms with Crippen molar-refractivity contribution in [1.82, 2.24) is 4.57 Å². The molecule has 5 rings (SSSR count). The van der Waals surface area contributed by atoms with Crippen molar-refractivity contribution in [3.63, 3.8) is 0 Å². The number of nitrogens with zero attached hydrogens (tertiary/aromatic N) is 3. The summed E-state index contributed by atoms with van der Waals surface area (Å²) in [4.78, 5) is 32.8. The molecule has 0 unspecified atom stereocenters. The Hall–Kier alpha value is -4.46. The molecule has 1 atom stereocenters. The van der Waals surface area contributed by atoms with Crippen LogP contribution in [0.25, 0.3) is 6.08 Å². The number of allylic oxidation sites excluding steroid dienone is 1. The van der Waals surface area contributed by atoms with Crippen LogP contribution in [0.1, 0.15) is 41.5 Å². The summed E-state index contributed by atoms with van der Waals surface area (Å²) in [5.74, 6) is 0.521. The average molecular weight is 572 g/mol. The van der Waals surface area contributed by atoms with Crippen molar-refractivity contribution < 1.29 is 19.0 Å². The number of carbonyl (C=O) groups is 1. The molecule has 0 amide bonds. The fourth-order valence-electron chi connectivity index (χ4n) is 4.44. The summed E-state index contributed by atoms with van der Waals surface area (Å²) < 4.78 is 19.1.